The highest BCUT2D eigenvalue weighted by Crippen LogP contribution is 2.27. The lowest BCUT2D eigenvalue weighted by molar-refractivity contribution is 0.101. The summed E-state index contributed by atoms with van der Waals surface area (Å²) in [7, 11) is 1.71. The van der Waals surface area contributed by atoms with Gasteiger partial charge < -0.3 is 19.5 Å². The quantitative estimate of drug-likeness (QED) is 0.611. The first-order valence-corrected chi connectivity index (χ1v) is 7.76. The molecule has 4 nitrogen and oxygen atoms in total. The summed E-state index contributed by atoms with van der Waals surface area (Å²) in [6, 6.07) is 5.54. The van der Waals surface area contributed by atoms with Crippen LogP contribution in [0, 0.1) is 0 Å². The molecule has 0 amide bonds. The van der Waals surface area contributed by atoms with Crippen molar-refractivity contribution >= 4 is 27.5 Å². The van der Waals surface area contributed by atoms with Crippen LogP contribution in [0.15, 0.2) is 22.7 Å². The third kappa shape index (κ3) is 8.07. The molecule has 1 aromatic rings. The second kappa shape index (κ2) is 11.3. The minimum absolute atomic E-state index is 0.491. The molecule has 0 heterocycles. The fraction of sp³-hybridized carbons (Fsp3) is 0.571. The van der Waals surface area contributed by atoms with E-state index in [1.165, 1.54) is 0 Å². The normalized spacial score (nSPS) is 10.8. The van der Waals surface area contributed by atoms with Gasteiger partial charge in [0.1, 0.15) is 12.4 Å². The summed E-state index contributed by atoms with van der Waals surface area (Å²) in [6.07, 6.45) is 1.02. The van der Waals surface area contributed by atoms with Gasteiger partial charge in [0.15, 0.2) is 0 Å². The Labute approximate surface area is 133 Å². The molecule has 0 radical (unpaired) electrons. The van der Waals surface area contributed by atoms with Gasteiger partial charge in [0, 0.05) is 24.7 Å². The molecule has 0 saturated carbocycles. The van der Waals surface area contributed by atoms with Gasteiger partial charge >= 0.3 is 0 Å². The first kappa shape index (κ1) is 17.7. The van der Waals surface area contributed by atoms with Gasteiger partial charge in [0.2, 0.25) is 0 Å². The fourth-order valence-electron chi connectivity index (χ4n) is 1.52. The molecule has 0 aromatic heterocycles. The van der Waals surface area contributed by atoms with Gasteiger partial charge in [-0.15, -0.1) is 0 Å². The Morgan fingerprint density at radius 3 is 2.75 bits per heavy atom. The average molecular weight is 367 g/mol. The second-order valence-corrected chi connectivity index (χ2v) is 5.45. The number of benzene rings is 1. The maximum atomic E-state index is 6.04. The largest absolute Gasteiger partial charge is 0.490 e. The van der Waals surface area contributed by atoms with E-state index in [9.17, 15) is 0 Å². The van der Waals surface area contributed by atoms with Gasteiger partial charge in [-0.05, 0) is 31.2 Å². The maximum Gasteiger partial charge on any atom is 0.138 e. The Kier molecular flexibility index (Phi) is 10.1. The SMILES string of the molecule is COCCCNCCOCCOc1ccc(Br)cc1Cl. The predicted molar refractivity (Wildman–Crippen MR) is 84.8 cm³/mol. The fourth-order valence-corrected chi connectivity index (χ4v) is 2.24. The summed E-state index contributed by atoms with van der Waals surface area (Å²) in [6.45, 7) is 4.28. The van der Waals surface area contributed by atoms with Crippen LogP contribution in [-0.4, -0.2) is 46.6 Å². The maximum absolute atomic E-state index is 6.04. The molecule has 1 aromatic carbocycles. The van der Waals surface area contributed by atoms with Gasteiger partial charge in [-0.2, -0.15) is 0 Å². The van der Waals surface area contributed by atoms with Crippen molar-refractivity contribution < 1.29 is 14.2 Å². The van der Waals surface area contributed by atoms with Crippen LogP contribution in [0.1, 0.15) is 6.42 Å². The third-order valence-corrected chi connectivity index (χ3v) is 3.29. The van der Waals surface area contributed by atoms with Crippen molar-refractivity contribution in [3.8, 4) is 5.75 Å². The number of ether oxygens (including phenoxy) is 3. The summed E-state index contributed by atoms with van der Waals surface area (Å²) in [4.78, 5) is 0. The topological polar surface area (TPSA) is 39.7 Å². The van der Waals surface area contributed by atoms with Crippen LogP contribution >= 0.6 is 27.5 Å². The van der Waals surface area contributed by atoms with Gasteiger partial charge in [0.05, 0.1) is 18.2 Å². The van der Waals surface area contributed by atoms with Crippen molar-refractivity contribution in [2.45, 2.75) is 6.42 Å². The molecule has 0 atom stereocenters. The van der Waals surface area contributed by atoms with E-state index in [0.717, 1.165) is 30.6 Å². The molecule has 0 aliphatic heterocycles. The summed E-state index contributed by atoms with van der Waals surface area (Å²) < 4.78 is 16.9. The summed E-state index contributed by atoms with van der Waals surface area (Å²) in [5.74, 6) is 0.677. The average Bonchev–Trinajstić information content (AvgIpc) is 2.43. The summed E-state index contributed by atoms with van der Waals surface area (Å²) in [5, 5.41) is 3.87. The molecular formula is C14H21BrClNO3. The van der Waals surface area contributed by atoms with E-state index in [2.05, 4.69) is 21.2 Å². The van der Waals surface area contributed by atoms with Gasteiger partial charge in [0.25, 0.3) is 0 Å². The number of rotatable bonds is 11. The lowest BCUT2D eigenvalue weighted by Crippen LogP contribution is -2.22. The van der Waals surface area contributed by atoms with Crippen LogP contribution in [0.3, 0.4) is 0 Å². The molecule has 6 heteroatoms. The first-order chi connectivity index (χ1) is 9.74. The molecule has 1 N–H and O–H groups in total. The monoisotopic (exact) mass is 365 g/mol. The third-order valence-electron chi connectivity index (χ3n) is 2.50. The Morgan fingerprint density at radius 1 is 1.15 bits per heavy atom. The van der Waals surface area contributed by atoms with E-state index >= 15 is 0 Å². The van der Waals surface area contributed by atoms with E-state index in [4.69, 9.17) is 25.8 Å². The van der Waals surface area contributed by atoms with Crippen molar-refractivity contribution in [1.82, 2.24) is 5.32 Å². The molecule has 1 rings (SSSR count). The van der Waals surface area contributed by atoms with E-state index in [1.807, 2.05) is 18.2 Å². The van der Waals surface area contributed by atoms with E-state index in [0.29, 0.717) is 30.6 Å². The van der Waals surface area contributed by atoms with Gasteiger partial charge in [-0.1, -0.05) is 27.5 Å². The molecule has 0 fully saturated rings. The number of hydrogen-bond acceptors (Lipinski definition) is 4. The van der Waals surface area contributed by atoms with Crippen LogP contribution < -0.4 is 10.1 Å². The summed E-state index contributed by atoms with van der Waals surface area (Å²) >= 11 is 9.39. The highest BCUT2D eigenvalue weighted by atomic mass is 79.9. The van der Waals surface area contributed by atoms with Crippen molar-refractivity contribution in [3.05, 3.63) is 27.7 Å². The van der Waals surface area contributed by atoms with Crippen LogP contribution in [0.5, 0.6) is 5.75 Å². The number of hydrogen-bond donors (Lipinski definition) is 1. The Hall–Kier alpha value is -0.330. The van der Waals surface area contributed by atoms with Crippen LogP contribution in [-0.2, 0) is 9.47 Å². The molecule has 0 saturated heterocycles. The zero-order valence-corrected chi connectivity index (χ0v) is 14.0. The second-order valence-electron chi connectivity index (χ2n) is 4.13. The smallest absolute Gasteiger partial charge is 0.138 e. The molecule has 114 valence electrons. The van der Waals surface area contributed by atoms with Crippen molar-refractivity contribution in [2.24, 2.45) is 0 Å². The van der Waals surface area contributed by atoms with Gasteiger partial charge in [-0.3, -0.25) is 0 Å². The molecule has 20 heavy (non-hydrogen) atoms. The number of methoxy groups -OCH3 is 1. The molecule has 0 bridgehead atoms. The molecule has 0 aliphatic carbocycles. The van der Waals surface area contributed by atoms with Crippen LogP contribution in [0.4, 0.5) is 0 Å². The summed E-state index contributed by atoms with van der Waals surface area (Å²) in [5.41, 5.74) is 0. The van der Waals surface area contributed by atoms with E-state index < -0.39 is 0 Å². The zero-order chi connectivity index (χ0) is 14.6. The van der Waals surface area contributed by atoms with Crippen molar-refractivity contribution in [1.29, 1.82) is 0 Å². The van der Waals surface area contributed by atoms with Crippen molar-refractivity contribution in [3.63, 3.8) is 0 Å². The Morgan fingerprint density at radius 2 is 2.00 bits per heavy atom. The van der Waals surface area contributed by atoms with Gasteiger partial charge in [-0.25, -0.2) is 0 Å². The Balaban J connectivity index is 1.97. The number of nitrogens with one attached hydrogen (secondary N) is 1. The van der Waals surface area contributed by atoms with E-state index in [1.54, 1.807) is 7.11 Å². The highest BCUT2D eigenvalue weighted by Gasteiger charge is 2.01. The van der Waals surface area contributed by atoms with Crippen LogP contribution in [0.2, 0.25) is 5.02 Å². The minimum Gasteiger partial charge on any atom is -0.490 e. The molecule has 0 aliphatic rings. The number of halogens is 2. The Bertz CT molecular complexity index is 379. The minimum atomic E-state index is 0.491. The standard InChI is InChI=1S/C14H21BrClNO3/c1-18-7-2-5-17-6-8-19-9-10-20-14-4-3-12(15)11-13(14)16/h3-4,11,17H,2,5-10H2,1H3. The lowest BCUT2D eigenvalue weighted by atomic mass is 10.3. The first-order valence-electron chi connectivity index (χ1n) is 6.59. The van der Waals surface area contributed by atoms with Crippen LogP contribution in [0.25, 0.3) is 0 Å². The molecule has 0 unspecified atom stereocenters. The van der Waals surface area contributed by atoms with E-state index in [-0.39, 0.29) is 0 Å². The lowest BCUT2D eigenvalue weighted by Gasteiger charge is -2.09. The predicted octanol–water partition coefficient (Wildman–Crippen LogP) is 3.12. The van der Waals surface area contributed by atoms with Crippen molar-refractivity contribution in [2.75, 3.05) is 46.6 Å². The zero-order valence-electron chi connectivity index (χ0n) is 11.7. The highest BCUT2D eigenvalue weighted by molar-refractivity contribution is 9.10. The molecule has 0 spiro atoms. The molecular weight excluding hydrogens is 346 g/mol.